The molecule has 2 rings (SSSR count). The van der Waals surface area contributed by atoms with Crippen molar-refractivity contribution in [2.24, 2.45) is 0 Å². The largest absolute Gasteiger partial charge is 0.322 e. The number of benzene rings is 1. The highest BCUT2D eigenvalue weighted by atomic mass is 32.2. The van der Waals surface area contributed by atoms with Crippen molar-refractivity contribution in [1.82, 2.24) is 10.2 Å². The Bertz CT molecular complexity index is 449. The number of nitrogens with zero attached hydrogens (tertiary/aromatic N) is 1. The van der Waals surface area contributed by atoms with E-state index in [1.165, 1.54) is 5.56 Å². The fourth-order valence-electron chi connectivity index (χ4n) is 2.25. The van der Waals surface area contributed by atoms with E-state index in [0.717, 1.165) is 23.7 Å². The molecule has 4 nitrogen and oxygen atoms in total. The summed E-state index contributed by atoms with van der Waals surface area (Å²) in [6.45, 7) is 5.04. The van der Waals surface area contributed by atoms with Crippen LogP contribution in [0, 0.1) is 0 Å². The van der Waals surface area contributed by atoms with Crippen LogP contribution in [-0.2, 0) is 0 Å². The van der Waals surface area contributed by atoms with Gasteiger partial charge in [-0.1, -0.05) is 12.1 Å². The van der Waals surface area contributed by atoms with Crippen LogP contribution < -0.4 is 10.6 Å². The van der Waals surface area contributed by atoms with Gasteiger partial charge in [0.1, 0.15) is 0 Å². The first kappa shape index (κ1) is 15.2. The van der Waals surface area contributed by atoms with Gasteiger partial charge in [-0.05, 0) is 38.6 Å². The normalized spacial score (nSPS) is 20.6. The molecule has 2 amide bonds. The summed E-state index contributed by atoms with van der Waals surface area (Å²) in [6, 6.07) is 8.65. The van der Waals surface area contributed by atoms with E-state index in [4.69, 9.17) is 0 Å². The Hall–Kier alpha value is -1.20. The van der Waals surface area contributed by atoms with Crippen molar-refractivity contribution >= 4 is 23.5 Å². The standard InChI is InChI=1S/C15H23N3OS/c1-11-10-20-9-8-18(11)15(19)17-14-6-4-13(5-7-14)12(2)16-3/h4-7,11-12,16H,8-10H2,1-3H3,(H,17,19). The average molecular weight is 293 g/mol. The van der Waals surface area contributed by atoms with Crippen LogP contribution in [0.4, 0.5) is 10.5 Å². The Balaban J connectivity index is 1.97. The van der Waals surface area contributed by atoms with E-state index < -0.39 is 0 Å². The van der Waals surface area contributed by atoms with E-state index in [1.54, 1.807) is 0 Å². The van der Waals surface area contributed by atoms with Crippen LogP contribution in [0.1, 0.15) is 25.5 Å². The number of nitrogens with one attached hydrogen (secondary N) is 2. The summed E-state index contributed by atoms with van der Waals surface area (Å²) in [7, 11) is 1.94. The first-order chi connectivity index (χ1) is 9.61. The van der Waals surface area contributed by atoms with Crippen molar-refractivity contribution in [3.05, 3.63) is 29.8 Å². The molecule has 1 fully saturated rings. The highest BCUT2D eigenvalue weighted by Gasteiger charge is 2.23. The molecule has 0 spiro atoms. The van der Waals surface area contributed by atoms with Gasteiger partial charge in [0.25, 0.3) is 0 Å². The fourth-order valence-corrected chi connectivity index (χ4v) is 3.26. The van der Waals surface area contributed by atoms with E-state index in [9.17, 15) is 4.79 Å². The lowest BCUT2D eigenvalue weighted by molar-refractivity contribution is 0.200. The van der Waals surface area contributed by atoms with E-state index in [1.807, 2.05) is 48.0 Å². The number of amides is 2. The molecule has 0 aromatic heterocycles. The molecule has 20 heavy (non-hydrogen) atoms. The van der Waals surface area contributed by atoms with E-state index in [2.05, 4.69) is 24.5 Å². The van der Waals surface area contributed by atoms with Gasteiger partial charge in [-0.25, -0.2) is 4.79 Å². The van der Waals surface area contributed by atoms with Gasteiger partial charge < -0.3 is 15.5 Å². The molecular weight excluding hydrogens is 270 g/mol. The van der Waals surface area contributed by atoms with Gasteiger partial charge in [0.2, 0.25) is 0 Å². The molecule has 5 heteroatoms. The van der Waals surface area contributed by atoms with Gasteiger partial charge >= 0.3 is 6.03 Å². The molecule has 2 unspecified atom stereocenters. The van der Waals surface area contributed by atoms with Crippen molar-refractivity contribution in [2.75, 3.05) is 30.4 Å². The number of rotatable bonds is 3. The maximum atomic E-state index is 12.2. The fraction of sp³-hybridized carbons (Fsp3) is 0.533. The third-order valence-electron chi connectivity index (χ3n) is 3.72. The summed E-state index contributed by atoms with van der Waals surface area (Å²) in [5.74, 6) is 2.04. The molecule has 0 radical (unpaired) electrons. The molecule has 1 aliphatic rings. The van der Waals surface area contributed by atoms with E-state index in [-0.39, 0.29) is 6.03 Å². The molecule has 0 bridgehead atoms. The zero-order chi connectivity index (χ0) is 14.5. The molecule has 110 valence electrons. The quantitative estimate of drug-likeness (QED) is 0.900. The van der Waals surface area contributed by atoms with Gasteiger partial charge in [-0.2, -0.15) is 11.8 Å². The number of anilines is 1. The second-order valence-electron chi connectivity index (χ2n) is 5.18. The minimum absolute atomic E-state index is 0.00668. The SMILES string of the molecule is CNC(C)c1ccc(NC(=O)N2CCSCC2C)cc1. The van der Waals surface area contributed by atoms with E-state index in [0.29, 0.717) is 12.1 Å². The Kier molecular flexibility index (Phi) is 5.31. The van der Waals surface area contributed by atoms with Crippen LogP contribution in [0.5, 0.6) is 0 Å². The van der Waals surface area contributed by atoms with Crippen molar-refractivity contribution in [2.45, 2.75) is 25.9 Å². The Morgan fingerprint density at radius 3 is 2.70 bits per heavy atom. The highest BCUT2D eigenvalue weighted by molar-refractivity contribution is 7.99. The Labute approximate surface area is 125 Å². The van der Waals surface area contributed by atoms with Crippen molar-refractivity contribution < 1.29 is 4.79 Å². The molecule has 1 aromatic rings. The van der Waals surface area contributed by atoms with Crippen molar-refractivity contribution in [1.29, 1.82) is 0 Å². The monoisotopic (exact) mass is 293 g/mol. The first-order valence-corrected chi connectivity index (χ1v) is 8.20. The maximum Gasteiger partial charge on any atom is 0.322 e. The average Bonchev–Trinajstić information content (AvgIpc) is 2.47. The zero-order valence-electron chi connectivity index (χ0n) is 12.3. The summed E-state index contributed by atoms with van der Waals surface area (Å²) in [5.41, 5.74) is 2.07. The van der Waals surface area contributed by atoms with Crippen LogP contribution in [-0.4, -0.2) is 42.1 Å². The van der Waals surface area contributed by atoms with Gasteiger partial charge in [0.15, 0.2) is 0 Å². The third kappa shape index (κ3) is 3.67. The molecule has 0 aliphatic carbocycles. The van der Waals surface area contributed by atoms with Crippen molar-refractivity contribution in [3.63, 3.8) is 0 Å². The molecular formula is C15H23N3OS. The number of carbonyl (C=O) groups is 1. The molecule has 0 saturated carbocycles. The third-order valence-corrected chi connectivity index (χ3v) is 4.91. The van der Waals surface area contributed by atoms with Gasteiger partial charge in [-0.3, -0.25) is 0 Å². The predicted octanol–water partition coefficient (Wildman–Crippen LogP) is 2.94. The van der Waals surface area contributed by atoms with Gasteiger partial charge in [-0.15, -0.1) is 0 Å². The highest BCUT2D eigenvalue weighted by Crippen LogP contribution is 2.19. The summed E-state index contributed by atoms with van der Waals surface area (Å²) in [4.78, 5) is 14.2. The van der Waals surface area contributed by atoms with Gasteiger partial charge in [0.05, 0.1) is 0 Å². The molecule has 2 N–H and O–H groups in total. The molecule has 1 heterocycles. The Morgan fingerprint density at radius 2 is 2.10 bits per heavy atom. The second kappa shape index (κ2) is 6.99. The number of thioether (sulfide) groups is 1. The van der Waals surface area contributed by atoms with Gasteiger partial charge in [0, 0.05) is 35.8 Å². The van der Waals surface area contributed by atoms with Crippen LogP contribution in [0.3, 0.4) is 0 Å². The summed E-state index contributed by atoms with van der Waals surface area (Å²) >= 11 is 1.91. The van der Waals surface area contributed by atoms with Crippen molar-refractivity contribution in [3.8, 4) is 0 Å². The zero-order valence-corrected chi connectivity index (χ0v) is 13.2. The summed E-state index contributed by atoms with van der Waals surface area (Å²) in [6.07, 6.45) is 0. The van der Waals surface area contributed by atoms with Crippen LogP contribution in [0.15, 0.2) is 24.3 Å². The minimum atomic E-state index is 0.00668. The molecule has 2 atom stereocenters. The predicted molar refractivity (Wildman–Crippen MR) is 86.4 cm³/mol. The number of hydrogen-bond acceptors (Lipinski definition) is 3. The number of hydrogen-bond donors (Lipinski definition) is 2. The smallest absolute Gasteiger partial charge is 0.320 e. The van der Waals surface area contributed by atoms with Crippen LogP contribution in [0.2, 0.25) is 0 Å². The lowest BCUT2D eigenvalue weighted by atomic mass is 10.1. The molecule has 1 saturated heterocycles. The lowest BCUT2D eigenvalue weighted by Gasteiger charge is -2.33. The van der Waals surface area contributed by atoms with E-state index >= 15 is 0 Å². The Morgan fingerprint density at radius 1 is 1.40 bits per heavy atom. The molecule has 1 aliphatic heterocycles. The lowest BCUT2D eigenvalue weighted by Crippen LogP contribution is -2.46. The minimum Gasteiger partial charge on any atom is -0.320 e. The summed E-state index contributed by atoms with van der Waals surface area (Å²) in [5, 5.41) is 6.18. The van der Waals surface area contributed by atoms with Crippen LogP contribution >= 0.6 is 11.8 Å². The number of carbonyl (C=O) groups excluding carboxylic acids is 1. The molecule has 1 aromatic carbocycles. The topological polar surface area (TPSA) is 44.4 Å². The second-order valence-corrected chi connectivity index (χ2v) is 6.33. The summed E-state index contributed by atoms with van der Waals surface area (Å²) < 4.78 is 0. The van der Waals surface area contributed by atoms with Crippen LogP contribution in [0.25, 0.3) is 0 Å². The maximum absolute atomic E-state index is 12.2. The number of urea groups is 1. The first-order valence-electron chi connectivity index (χ1n) is 7.04.